The molecule has 2 N–H and O–H groups in total. The number of ether oxygens (including phenoxy) is 1. The minimum atomic E-state index is -0.294. The van der Waals surface area contributed by atoms with Crippen molar-refractivity contribution in [1.82, 2.24) is 15.2 Å². The zero-order valence-electron chi connectivity index (χ0n) is 17.0. The number of nitrogens with zero attached hydrogens (tertiary/aromatic N) is 1. The van der Waals surface area contributed by atoms with Crippen LogP contribution in [0, 0.1) is 0 Å². The second kappa shape index (κ2) is 8.82. The van der Waals surface area contributed by atoms with Crippen LogP contribution in [0.2, 0.25) is 0 Å². The highest BCUT2D eigenvalue weighted by Gasteiger charge is 2.25. The van der Waals surface area contributed by atoms with Crippen molar-refractivity contribution in [1.29, 1.82) is 0 Å². The minimum absolute atomic E-state index is 0.0871. The van der Waals surface area contributed by atoms with Crippen molar-refractivity contribution in [2.45, 2.75) is 44.6 Å². The summed E-state index contributed by atoms with van der Waals surface area (Å²) in [5, 5.41) is 3.02. The molecule has 0 radical (unpaired) electrons. The third-order valence-electron chi connectivity index (χ3n) is 6.12. The molecule has 0 bridgehead atoms. The summed E-state index contributed by atoms with van der Waals surface area (Å²) >= 11 is 0. The first-order valence-electron chi connectivity index (χ1n) is 10.6. The van der Waals surface area contributed by atoms with Crippen molar-refractivity contribution in [2.24, 2.45) is 0 Å². The molecular formula is C23H29N3O3. The Balaban J connectivity index is 1.51. The Labute approximate surface area is 171 Å². The number of nitrogens with one attached hydrogen (secondary N) is 2. The molecule has 4 rings (SSSR count). The molecule has 1 aromatic carbocycles. The first-order valence-corrected chi connectivity index (χ1v) is 10.6. The Hall–Kier alpha value is -2.60. The van der Waals surface area contributed by atoms with Gasteiger partial charge in [-0.05, 0) is 80.9 Å². The van der Waals surface area contributed by atoms with Crippen LogP contribution in [0.4, 0.5) is 0 Å². The fourth-order valence-electron chi connectivity index (χ4n) is 4.47. The Bertz CT molecular complexity index is 914. The lowest BCUT2D eigenvalue weighted by molar-refractivity contribution is 0.0936. The van der Waals surface area contributed by atoms with E-state index in [1.54, 1.807) is 13.2 Å². The number of hydrogen-bond donors (Lipinski definition) is 2. The molecule has 1 aliphatic carbocycles. The van der Waals surface area contributed by atoms with Crippen LogP contribution in [0.25, 0.3) is 0 Å². The minimum Gasteiger partial charge on any atom is -0.497 e. The van der Waals surface area contributed by atoms with Crippen LogP contribution in [0.1, 0.15) is 58.9 Å². The summed E-state index contributed by atoms with van der Waals surface area (Å²) in [6.45, 7) is 2.51. The van der Waals surface area contributed by atoms with E-state index in [2.05, 4.69) is 27.3 Å². The van der Waals surface area contributed by atoms with Crippen LogP contribution in [0.15, 0.2) is 35.1 Å². The SMILES string of the molecule is COc1ccc(C(CNC(=O)c2cc3c([nH]c2=O)CCCC3)N2CCCC2)cc1. The van der Waals surface area contributed by atoms with E-state index in [1.165, 1.54) is 12.8 Å². The number of rotatable bonds is 6. The monoisotopic (exact) mass is 395 g/mol. The highest BCUT2D eigenvalue weighted by atomic mass is 16.5. The van der Waals surface area contributed by atoms with E-state index in [0.717, 1.165) is 61.3 Å². The van der Waals surface area contributed by atoms with Crippen molar-refractivity contribution in [3.05, 3.63) is 63.1 Å². The van der Waals surface area contributed by atoms with Crippen molar-refractivity contribution in [2.75, 3.05) is 26.7 Å². The summed E-state index contributed by atoms with van der Waals surface area (Å²) in [5.74, 6) is 0.524. The molecule has 1 unspecified atom stereocenters. The molecule has 2 aromatic rings. The van der Waals surface area contributed by atoms with Gasteiger partial charge < -0.3 is 15.0 Å². The highest BCUT2D eigenvalue weighted by Crippen LogP contribution is 2.26. The number of likely N-dealkylation sites (tertiary alicyclic amines) is 1. The molecule has 1 amide bonds. The number of aromatic nitrogens is 1. The van der Waals surface area contributed by atoms with Gasteiger partial charge in [-0.2, -0.15) is 0 Å². The predicted octanol–water partition coefficient (Wildman–Crippen LogP) is 2.83. The average Bonchev–Trinajstić information content (AvgIpc) is 3.28. The second-order valence-electron chi connectivity index (χ2n) is 7.97. The van der Waals surface area contributed by atoms with Crippen molar-refractivity contribution >= 4 is 5.91 Å². The normalized spacial score (nSPS) is 17.6. The second-order valence-corrected chi connectivity index (χ2v) is 7.97. The number of pyridine rings is 1. The van der Waals surface area contributed by atoms with Crippen LogP contribution < -0.4 is 15.6 Å². The summed E-state index contributed by atoms with van der Waals surface area (Å²) in [6.07, 6.45) is 6.36. The maximum absolute atomic E-state index is 12.8. The van der Waals surface area contributed by atoms with E-state index in [1.807, 2.05) is 12.1 Å². The number of carbonyl (C=O) groups excluding carboxylic acids is 1. The number of aromatic amines is 1. The van der Waals surface area contributed by atoms with Crippen LogP contribution in [-0.2, 0) is 12.8 Å². The van der Waals surface area contributed by atoms with E-state index in [-0.39, 0.29) is 23.1 Å². The van der Waals surface area contributed by atoms with Gasteiger partial charge in [-0.15, -0.1) is 0 Å². The number of hydrogen-bond acceptors (Lipinski definition) is 4. The van der Waals surface area contributed by atoms with Gasteiger partial charge in [0.15, 0.2) is 0 Å². The number of amides is 1. The number of methoxy groups -OCH3 is 1. The van der Waals surface area contributed by atoms with E-state index < -0.39 is 0 Å². The van der Waals surface area contributed by atoms with E-state index in [9.17, 15) is 9.59 Å². The lowest BCUT2D eigenvalue weighted by atomic mass is 9.95. The Morgan fingerprint density at radius 2 is 1.86 bits per heavy atom. The highest BCUT2D eigenvalue weighted by molar-refractivity contribution is 5.94. The number of H-pyrrole nitrogens is 1. The van der Waals surface area contributed by atoms with E-state index in [4.69, 9.17) is 4.74 Å². The quantitative estimate of drug-likeness (QED) is 0.789. The van der Waals surface area contributed by atoms with Crippen LogP contribution in [-0.4, -0.2) is 42.5 Å². The molecule has 6 nitrogen and oxygen atoms in total. The van der Waals surface area contributed by atoms with Crippen molar-refractivity contribution in [3.63, 3.8) is 0 Å². The number of carbonyl (C=O) groups is 1. The molecule has 154 valence electrons. The van der Waals surface area contributed by atoms with E-state index in [0.29, 0.717) is 6.54 Å². The topological polar surface area (TPSA) is 74.4 Å². The van der Waals surface area contributed by atoms with Crippen molar-refractivity contribution in [3.8, 4) is 5.75 Å². The number of benzene rings is 1. The smallest absolute Gasteiger partial charge is 0.261 e. The average molecular weight is 396 g/mol. The molecule has 2 heterocycles. The first-order chi connectivity index (χ1) is 14.2. The van der Waals surface area contributed by atoms with Gasteiger partial charge in [0.2, 0.25) is 0 Å². The number of fused-ring (bicyclic) bond motifs is 1. The maximum Gasteiger partial charge on any atom is 0.261 e. The molecule has 2 aliphatic rings. The van der Waals surface area contributed by atoms with Crippen molar-refractivity contribution < 1.29 is 9.53 Å². The third kappa shape index (κ3) is 4.37. The molecular weight excluding hydrogens is 366 g/mol. The Kier molecular flexibility index (Phi) is 6.00. The fraction of sp³-hybridized carbons (Fsp3) is 0.478. The van der Waals surface area contributed by atoms with Gasteiger partial charge >= 0.3 is 0 Å². The molecule has 1 atom stereocenters. The zero-order chi connectivity index (χ0) is 20.2. The lowest BCUT2D eigenvalue weighted by Crippen LogP contribution is -2.38. The Morgan fingerprint density at radius 3 is 2.59 bits per heavy atom. The predicted molar refractivity (Wildman–Crippen MR) is 113 cm³/mol. The van der Waals surface area contributed by atoms with Crippen LogP contribution in [0.5, 0.6) is 5.75 Å². The summed E-state index contributed by atoms with van der Waals surface area (Å²) < 4.78 is 5.27. The van der Waals surface area contributed by atoms with Gasteiger partial charge in [-0.1, -0.05) is 12.1 Å². The first kappa shape index (κ1) is 19.7. The molecule has 1 fully saturated rings. The van der Waals surface area contributed by atoms with Gasteiger partial charge in [0, 0.05) is 12.2 Å². The molecule has 6 heteroatoms. The van der Waals surface area contributed by atoms with E-state index >= 15 is 0 Å². The summed E-state index contributed by atoms with van der Waals surface area (Å²) in [7, 11) is 1.66. The van der Waals surface area contributed by atoms with Crippen LogP contribution >= 0.6 is 0 Å². The Morgan fingerprint density at radius 1 is 1.14 bits per heavy atom. The molecule has 1 saturated heterocycles. The largest absolute Gasteiger partial charge is 0.497 e. The van der Waals surface area contributed by atoms with Gasteiger partial charge in [0.05, 0.1) is 13.2 Å². The third-order valence-corrected chi connectivity index (χ3v) is 6.12. The van der Waals surface area contributed by atoms with Gasteiger partial charge in [-0.3, -0.25) is 14.5 Å². The molecule has 0 saturated carbocycles. The molecule has 0 spiro atoms. The summed E-state index contributed by atoms with van der Waals surface area (Å²) in [4.78, 5) is 30.6. The van der Waals surface area contributed by atoms with Gasteiger partial charge in [0.1, 0.15) is 11.3 Å². The number of aryl methyl sites for hydroxylation is 2. The van der Waals surface area contributed by atoms with Crippen LogP contribution in [0.3, 0.4) is 0 Å². The molecule has 29 heavy (non-hydrogen) atoms. The fourth-order valence-corrected chi connectivity index (χ4v) is 4.47. The summed E-state index contributed by atoms with van der Waals surface area (Å²) in [5.41, 5.74) is 3.18. The molecule has 1 aromatic heterocycles. The maximum atomic E-state index is 12.8. The van der Waals surface area contributed by atoms with Gasteiger partial charge in [0.25, 0.3) is 11.5 Å². The molecule has 1 aliphatic heterocycles. The lowest BCUT2D eigenvalue weighted by Gasteiger charge is -2.28. The summed E-state index contributed by atoms with van der Waals surface area (Å²) in [6, 6.07) is 9.90. The van der Waals surface area contributed by atoms with Gasteiger partial charge in [-0.25, -0.2) is 0 Å². The standard InChI is InChI=1S/C23H29N3O3/c1-29-18-10-8-16(9-11-18)21(26-12-4-5-13-26)15-24-22(27)19-14-17-6-2-3-7-20(17)25-23(19)28/h8-11,14,21H,2-7,12-13,15H2,1H3,(H,24,27)(H,25,28). The zero-order valence-corrected chi connectivity index (χ0v) is 17.0.